The van der Waals surface area contributed by atoms with Gasteiger partial charge in [0.2, 0.25) is 5.91 Å². The van der Waals surface area contributed by atoms with Gasteiger partial charge in [0, 0.05) is 50.2 Å². The average molecular weight is 714 g/mol. The molecule has 0 unspecified atom stereocenters. The molecule has 16 heteroatoms. The Hall–Kier alpha value is -6.97. The molecule has 0 saturated heterocycles. The third kappa shape index (κ3) is 11.3. The van der Waals surface area contributed by atoms with Gasteiger partial charge in [0.05, 0.1) is 11.3 Å². The Morgan fingerprint density at radius 2 is 1.37 bits per heavy atom. The van der Waals surface area contributed by atoms with E-state index in [1.165, 1.54) is 30.0 Å². The monoisotopic (exact) mass is 713 g/mol. The number of nitrogens with zero attached hydrogens (tertiary/aromatic N) is 3. The number of nitro groups is 1. The zero-order valence-corrected chi connectivity index (χ0v) is 28.1. The van der Waals surface area contributed by atoms with Gasteiger partial charge in [-0.3, -0.25) is 20.2 Å². The quantitative estimate of drug-likeness (QED) is 0.103. The lowest BCUT2D eigenvalue weighted by Crippen LogP contribution is -2.38. The van der Waals surface area contributed by atoms with Gasteiger partial charge in [-0.1, -0.05) is 60.7 Å². The van der Waals surface area contributed by atoms with Gasteiger partial charge in [0.15, 0.2) is 0 Å². The number of aromatic carboxylic acids is 1. The number of para-hydroxylation sites is 1. The molecule has 270 valence electrons. The number of hydrogen-bond acceptors (Lipinski definition) is 10. The fraction of sp³-hybridized carbons (Fsp3) is 0.194. The van der Waals surface area contributed by atoms with Crippen molar-refractivity contribution in [3.8, 4) is 5.75 Å². The summed E-state index contributed by atoms with van der Waals surface area (Å²) in [5.74, 6) is -1.59. The molecule has 0 aliphatic rings. The number of nitrogens with one attached hydrogen (secondary N) is 2. The molecule has 3 N–H and O–H groups in total. The number of carboxylic acid groups (broad SMARTS) is 1. The molecular weight excluding hydrogens is 678 g/mol. The Morgan fingerprint density at radius 3 is 2.04 bits per heavy atom. The van der Waals surface area contributed by atoms with Crippen LogP contribution in [0.4, 0.5) is 31.4 Å². The molecule has 4 aromatic rings. The molecule has 4 aromatic carbocycles. The van der Waals surface area contributed by atoms with Crippen LogP contribution in [0.2, 0.25) is 0 Å². The van der Waals surface area contributed by atoms with Crippen molar-refractivity contribution in [3.05, 3.63) is 129 Å². The number of likely N-dealkylation sites (N-methyl/N-ethyl adjacent to an activating group) is 2. The molecule has 16 nitrogen and oxygen atoms in total. The van der Waals surface area contributed by atoms with Gasteiger partial charge < -0.3 is 34.4 Å². The van der Waals surface area contributed by atoms with E-state index in [2.05, 4.69) is 10.6 Å². The number of carbonyl (C=O) groups is 5. The molecule has 0 atom stereocenters. The largest absolute Gasteiger partial charge is 0.477 e. The van der Waals surface area contributed by atoms with E-state index in [-0.39, 0.29) is 50.1 Å². The molecule has 4 rings (SSSR count). The smallest absolute Gasteiger partial charge is 0.415 e. The van der Waals surface area contributed by atoms with Crippen molar-refractivity contribution in [1.29, 1.82) is 0 Å². The summed E-state index contributed by atoms with van der Waals surface area (Å²) >= 11 is 0. The molecule has 52 heavy (non-hydrogen) atoms. The number of benzene rings is 4. The van der Waals surface area contributed by atoms with Crippen LogP contribution in [0.15, 0.2) is 97.1 Å². The molecule has 0 heterocycles. The molecule has 0 bridgehead atoms. The Balaban J connectivity index is 1.19. The SMILES string of the molecule is CN(CCN(C)C(=O)Oc1ccccc1COC(=O)Nc1ccc([N+](=O)[O-])c(C(=O)O)c1)C(=O)OCc1ccc(NC(=O)Cc2ccccc2)cc1. The Labute approximate surface area is 297 Å². The number of rotatable bonds is 14. The van der Waals surface area contributed by atoms with Crippen LogP contribution < -0.4 is 15.4 Å². The molecule has 0 saturated carbocycles. The highest BCUT2D eigenvalue weighted by Crippen LogP contribution is 2.24. The third-order valence-corrected chi connectivity index (χ3v) is 7.40. The summed E-state index contributed by atoms with van der Waals surface area (Å²) in [4.78, 5) is 74.2. The molecular formula is C36H35N5O11. The van der Waals surface area contributed by atoms with Crippen LogP contribution in [-0.2, 0) is 33.9 Å². The summed E-state index contributed by atoms with van der Waals surface area (Å²) in [7, 11) is 2.99. The second-order valence-corrected chi connectivity index (χ2v) is 11.3. The molecule has 0 aliphatic carbocycles. The Bertz CT molecular complexity index is 1920. The van der Waals surface area contributed by atoms with Crippen LogP contribution in [0.3, 0.4) is 0 Å². The van der Waals surface area contributed by atoms with E-state index in [9.17, 15) is 39.2 Å². The number of ether oxygens (including phenoxy) is 3. The van der Waals surface area contributed by atoms with Crippen LogP contribution in [0.1, 0.15) is 27.0 Å². The fourth-order valence-electron chi connectivity index (χ4n) is 4.54. The van der Waals surface area contributed by atoms with Gasteiger partial charge in [-0.05, 0) is 41.5 Å². The fourth-order valence-corrected chi connectivity index (χ4v) is 4.54. The van der Waals surface area contributed by atoms with Gasteiger partial charge >= 0.3 is 24.2 Å². The zero-order chi connectivity index (χ0) is 37.6. The molecule has 0 radical (unpaired) electrons. The highest BCUT2D eigenvalue weighted by molar-refractivity contribution is 5.95. The molecule has 0 fully saturated rings. The number of amides is 4. The first kappa shape index (κ1) is 37.8. The van der Waals surface area contributed by atoms with Crippen molar-refractivity contribution in [2.45, 2.75) is 19.6 Å². The van der Waals surface area contributed by atoms with E-state index in [1.807, 2.05) is 30.3 Å². The van der Waals surface area contributed by atoms with E-state index in [4.69, 9.17) is 14.2 Å². The molecule has 0 aliphatic heterocycles. The predicted molar refractivity (Wildman–Crippen MR) is 187 cm³/mol. The minimum atomic E-state index is -1.54. The minimum Gasteiger partial charge on any atom is -0.477 e. The van der Waals surface area contributed by atoms with Crippen LogP contribution in [-0.4, -0.2) is 77.2 Å². The van der Waals surface area contributed by atoms with E-state index in [0.29, 0.717) is 16.8 Å². The Kier molecular flexibility index (Phi) is 13.2. The topological polar surface area (TPSA) is 207 Å². The van der Waals surface area contributed by atoms with E-state index in [0.717, 1.165) is 23.8 Å². The van der Waals surface area contributed by atoms with Crippen molar-refractivity contribution < 1.29 is 48.2 Å². The second-order valence-electron chi connectivity index (χ2n) is 11.3. The molecule has 4 amide bonds. The maximum absolute atomic E-state index is 12.8. The first-order valence-corrected chi connectivity index (χ1v) is 15.7. The second kappa shape index (κ2) is 18.1. The average Bonchev–Trinajstić information content (AvgIpc) is 3.13. The van der Waals surface area contributed by atoms with Gasteiger partial charge in [0.25, 0.3) is 5.69 Å². The number of anilines is 2. The summed E-state index contributed by atoms with van der Waals surface area (Å²) in [5.41, 5.74) is 1.26. The van der Waals surface area contributed by atoms with E-state index in [1.54, 1.807) is 42.5 Å². The summed E-state index contributed by atoms with van der Waals surface area (Å²) in [6.45, 7) is -0.129. The summed E-state index contributed by atoms with van der Waals surface area (Å²) < 4.78 is 16.0. The number of carbonyl (C=O) groups excluding carboxylic acids is 4. The van der Waals surface area contributed by atoms with Crippen LogP contribution in [0.25, 0.3) is 0 Å². The van der Waals surface area contributed by atoms with Crippen molar-refractivity contribution in [1.82, 2.24) is 9.80 Å². The maximum Gasteiger partial charge on any atom is 0.415 e. The zero-order valence-electron chi connectivity index (χ0n) is 28.1. The lowest BCUT2D eigenvalue weighted by atomic mass is 10.1. The first-order valence-electron chi connectivity index (χ1n) is 15.7. The summed E-state index contributed by atoms with van der Waals surface area (Å²) in [6, 6.07) is 25.6. The Morgan fingerprint density at radius 1 is 0.731 bits per heavy atom. The summed E-state index contributed by atoms with van der Waals surface area (Å²) in [5, 5.41) is 25.4. The normalized spacial score (nSPS) is 10.3. The van der Waals surface area contributed by atoms with Gasteiger partial charge in [0.1, 0.15) is 24.5 Å². The maximum atomic E-state index is 12.8. The van der Waals surface area contributed by atoms with Crippen LogP contribution in [0, 0.1) is 10.1 Å². The molecule has 0 spiro atoms. The highest BCUT2D eigenvalue weighted by Gasteiger charge is 2.21. The van der Waals surface area contributed by atoms with Gasteiger partial charge in [-0.15, -0.1) is 0 Å². The van der Waals surface area contributed by atoms with Crippen LogP contribution >= 0.6 is 0 Å². The summed E-state index contributed by atoms with van der Waals surface area (Å²) in [6.07, 6.45) is -2.10. The van der Waals surface area contributed by atoms with Crippen LogP contribution in [0.5, 0.6) is 5.75 Å². The highest BCUT2D eigenvalue weighted by atomic mass is 16.6. The lowest BCUT2D eigenvalue weighted by Gasteiger charge is -2.22. The first-order chi connectivity index (χ1) is 24.9. The van der Waals surface area contributed by atoms with Crippen molar-refractivity contribution in [2.75, 3.05) is 37.8 Å². The van der Waals surface area contributed by atoms with E-state index >= 15 is 0 Å². The van der Waals surface area contributed by atoms with Crippen molar-refractivity contribution in [3.63, 3.8) is 0 Å². The molecule has 0 aromatic heterocycles. The van der Waals surface area contributed by atoms with Gasteiger partial charge in [-0.25, -0.2) is 19.2 Å². The number of hydrogen-bond donors (Lipinski definition) is 3. The standard InChI is InChI=1S/C36H35N5O11/c1-39(35(46)51-22-25-12-14-27(15-13-25)37-32(42)20-24-8-4-3-5-9-24)18-19-40(2)36(47)52-31-11-7-6-10-26(31)23-50-34(45)38-28-16-17-30(41(48)49)29(21-28)33(43)44/h3-17,21H,18-20,22-23H2,1-2H3,(H,37,42)(H,38,45)(H,43,44). The van der Waals surface area contributed by atoms with Crippen molar-refractivity contribution >= 4 is 47.2 Å². The lowest BCUT2D eigenvalue weighted by molar-refractivity contribution is -0.385. The van der Waals surface area contributed by atoms with Crippen molar-refractivity contribution in [2.24, 2.45) is 0 Å². The predicted octanol–water partition coefficient (Wildman–Crippen LogP) is 5.92. The number of carboxylic acids is 1. The van der Waals surface area contributed by atoms with E-state index < -0.39 is 40.4 Å². The third-order valence-electron chi connectivity index (χ3n) is 7.40. The minimum absolute atomic E-state index is 0.00653. The number of nitro benzene ring substituents is 1. The van der Waals surface area contributed by atoms with Gasteiger partial charge in [-0.2, -0.15) is 0 Å².